The van der Waals surface area contributed by atoms with Crippen LogP contribution < -0.4 is 9.47 Å². The van der Waals surface area contributed by atoms with Gasteiger partial charge >= 0.3 is 0 Å². The zero-order valence-corrected chi connectivity index (χ0v) is 18.2. The van der Waals surface area contributed by atoms with E-state index in [2.05, 4.69) is 10.6 Å². The zero-order valence-electron chi connectivity index (χ0n) is 18.2. The van der Waals surface area contributed by atoms with Crippen LogP contribution in [0.3, 0.4) is 0 Å². The van der Waals surface area contributed by atoms with Crippen molar-refractivity contribution in [3.05, 3.63) is 52.4 Å². The molecule has 0 radical (unpaired) electrons. The van der Waals surface area contributed by atoms with Gasteiger partial charge in [0.25, 0.3) is 5.91 Å². The van der Waals surface area contributed by atoms with Crippen LogP contribution in [0.2, 0.25) is 0 Å². The minimum atomic E-state index is -0.316. The number of benzene rings is 1. The summed E-state index contributed by atoms with van der Waals surface area (Å²) < 4.78 is 18.7. The van der Waals surface area contributed by atoms with Crippen LogP contribution in [0, 0.1) is 25.2 Å². The van der Waals surface area contributed by atoms with Gasteiger partial charge in [-0.1, -0.05) is 6.07 Å². The number of amides is 1. The van der Waals surface area contributed by atoms with Gasteiger partial charge in [0.2, 0.25) is 6.79 Å². The Balaban J connectivity index is 1.49. The average molecular weight is 421 g/mol. The maximum Gasteiger partial charge on any atom is 0.264 e. The van der Waals surface area contributed by atoms with Crippen LogP contribution in [0.4, 0.5) is 0 Å². The molecule has 1 atom stereocenters. The minimum absolute atomic E-state index is 0.112. The van der Waals surface area contributed by atoms with Crippen molar-refractivity contribution in [3.8, 4) is 17.6 Å². The van der Waals surface area contributed by atoms with E-state index in [0.717, 1.165) is 48.5 Å². The number of fused-ring (bicyclic) bond motifs is 1. The van der Waals surface area contributed by atoms with Gasteiger partial charge in [0.05, 0.1) is 6.10 Å². The lowest BCUT2D eigenvalue weighted by atomic mass is 10.1. The highest BCUT2D eigenvalue weighted by Crippen LogP contribution is 2.33. The smallest absolute Gasteiger partial charge is 0.264 e. The Bertz CT molecular complexity index is 1060. The summed E-state index contributed by atoms with van der Waals surface area (Å²) in [6.07, 6.45) is 4.08. The number of carbonyl (C=O) groups is 1. The van der Waals surface area contributed by atoms with E-state index < -0.39 is 0 Å². The molecule has 4 rings (SSSR count). The molecule has 0 N–H and O–H groups in total. The van der Waals surface area contributed by atoms with E-state index in [1.807, 2.05) is 38.1 Å². The van der Waals surface area contributed by atoms with Crippen LogP contribution in [0.25, 0.3) is 6.08 Å². The van der Waals surface area contributed by atoms with Gasteiger partial charge in [-0.2, -0.15) is 5.26 Å². The molecule has 0 saturated carbocycles. The fraction of sp³-hybridized carbons (Fsp3) is 0.417. The van der Waals surface area contributed by atoms with E-state index in [1.165, 1.54) is 4.90 Å². The third-order valence-corrected chi connectivity index (χ3v) is 5.88. The van der Waals surface area contributed by atoms with E-state index in [0.29, 0.717) is 18.0 Å². The largest absolute Gasteiger partial charge is 0.454 e. The number of hydrogen-bond donors (Lipinski definition) is 0. The summed E-state index contributed by atoms with van der Waals surface area (Å²) in [5, 5.41) is 9.67. The Labute approximate surface area is 182 Å². The summed E-state index contributed by atoms with van der Waals surface area (Å²) in [5.41, 5.74) is 4.04. The van der Waals surface area contributed by atoms with Crippen molar-refractivity contribution >= 4 is 12.0 Å². The number of nitriles is 1. The minimum Gasteiger partial charge on any atom is -0.454 e. The molecule has 0 bridgehead atoms. The molecule has 1 fully saturated rings. The fourth-order valence-corrected chi connectivity index (χ4v) is 4.13. The van der Waals surface area contributed by atoms with Crippen molar-refractivity contribution in [3.63, 3.8) is 0 Å². The lowest BCUT2D eigenvalue weighted by Crippen LogP contribution is -2.27. The second-order valence-corrected chi connectivity index (χ2v) is 8.09. The van der Waals surface area contributed by atoms with Crippen molar-refractivity contribution in [2.45, 2.75) is 45.9 Å². The molecule has 0 aliphatic carbocycles. The standard InChI is InChI=1S/C24H27N3O4/c1-16-9-19(17(2)27(16)14-21-5-4-8-29-21)11-20(12-25)24(28)26(3)13-18-6-7-22-23(10-18)31-15-30-22/h6-7,9-11,21H,4-5,8,13-15H2,1-3H3/b20-11+. The maximum absolute atomic E-state index is 13.0. The molecule has 1 aromatic heterocycles. The Kier molecular flexibility index (Phi) is 6.01. The third kappa shape index (κ3) is 4.44. The summed E-state index contributed by atoms with van der Waals surface area (Å²) in [4.78, 5) is 14.5. The fourth-order valence-electron chi connectivity index (χ4n) is 4.13. The van der Waals surface area contributed by atoms with Crippen LogP contribution in [0.15, 0.2) is 29.8 Å². The Morgan fingerprint density at radius 3 is 2.84 bits per heavy atom. The molecule has 0 spiro atoms. The summed E-state index contributed by atoms with van der Waals surface area (Å²) >= 11 is 0. The number of nitrogens with zero attached hydrogens (tertiary/aromatic N) is 3. The quantitative estimate of drug-likeness (QED) is 0.526. The molecular weight excluding hydrogens is 394 g/mol. The molecule has 3 heterocycles. The predicted octanol–water partition coefficient (Wildman–Crippen LogP) is 3.58. The molecule has 2 aliphatic heterocycles. The maximum atomic E-state index is 13.0. The lowest BCUT2D eigenvalue weighted by molar-refractivity contribution is -0.125. The highest BCUT2D eigenvalue weighted by atomic mass is 16.7. The number of likely N-dealkylation sites (N-methyl/N-ethyl adjacent to an activating group) is 1. The highest BCUT2D eigenvalue weighted by Gasteiger charge is 2.21. The molecule has 1 saturated heterocycles. The van der Waals surface area contributed by atoms with Gasteiger partial charge in [-0.05, 0) is 62.1 Å². The summed E-state index contributed by atoms with van der Waals surface area (Å²) in [5.74, 6) is 1.06. The first-order valence-electron chi connectivity index (χ1n) is 10.5. The number of carbonyl (C=O) groups excluding carboxylic acids is 1. The first-order valence-corrected chi connectivity index (χ1v) is 10.5. The van der Waals surface area contributed by atoms with Gasteiger partial charge in [0.15, 0.2) is 11.5 Å². The van der Waals surface area contributed by atoms with Crippen molar-refractivity contribution in [2.24, 2.45) is 0 Å². The second kappa shape index (κ2) is 8.86. The number of ether oxygens (including phenoxy) is 3. The predicted molar refractivity (Wildman–Crippen MR) is 116 cm³/mol. The van der Waals surface area contributed by atoms with Crippen molar-refractivity contribution in [1.82, 2.24) is 9.47 Å². The Morgan fingerprint density at radius 1 is 1.29 bits per heavy atom. The average Bonchev–Trinajstić information content (AvgIpc) is 3.49. The van der Waals surface area contributed by atoms with Crippen LogP contribution in [-0.4, -0.2) is 41.9 Å². The van der Waals surface area contributed by atoms with Crippen LogP contribution in [-0.2, 0) is 22.6 Å². The molecule has 1 aromatic carbocycles. The summed E-state index contributed by atoms with van der Waals surface area (Å²) in [6, 6.07) is 9.69. The second-order valence-electron chi connectivity index (χ2n) is 8.09. The summed E-state index contributed by atoms with van der Waals surface area (Å²) in [7, 11) is 1.69. The van der Waals surface area contributed by atoms with Crippen LogP contribution in [0.5, 0.6) is 11.5 Å². The van der Waals surface area contributed by atoms with Gasteiger partial charge in [-0.15, -0.1) is 0 Å². The van der Waals surface area contributed by atoms with E-state index >= 15 is 0 Å². The van der Waals surface area contributed by atoms with Gasteiger partial charge in [-0.25, -0.2) is 0 Å². The third-order valence-electron chi connectivity index (χ3n) is 5.88. The number of aromatic nitrogens is 1. The van der Waals surface area contributed by atoms with Gasteiger partial charge in [-0.3, -0.25) is 4.79 Å². The normalized spacial score (nSPS) is 17.6. The first kappa shape index (κ1) is 21.0. The lowest BCUT2D eigenvalue weighted by Gasteiger charge is -2.17. The summed E-state index contributed by atoms with van der Waals surface area (Å²) in [6.45, 7) is 6.25. The van der Waals surface area contributed by atoms with Crippen molar-refractivity contribution in [2.75, 3.05) is 20.4 Å². The number of rotatable bonds is 6. The molecule has 31 heavy (non-hydrogen) atoms. The SMILES string of the molecule is Cc1cc(/C=C(\C#N)C(=O)N(C)Cc2ccc3c(c2)OCO3)c(C)n1CC1CCCO1. The van der Waals surface area contributed by atoms with Crippen molar-refractivity contribution < 1.29 is 19.0 Å². The van der Waals surface area contributed by atoms with E-state index in [4.69, 9.17) is 14.2 Å². The number of aryl methyl sites for hydroxylation is 1. The molecule has 7 nitrogen and oxygen atoms in total. The van der Waals surface area contributed by atoms with E-state index in [1.54, 1.807) is 13.1 Å². The van der Waals surface area contributed by atoms with E-state index in [9.17, 15) is 10.1 Å². The topological polar surface area (TPSA) is 76.7 Å². The van der Waals surface area contributed by atoms with Gasteiger partial charge in [0.1, 0.15) is 11.6 Å². The molecule has 2 aromatic rings. The molecule has 7 heteroatoms. The molecule has 1 amide bonds. The van der Waals surface area contributed by atoms with Crippen LogP contribution >= 0.6 is 0 Å². The van der Waals surface area contributed by atoms with E-state index in [-0.39, 0.29) is 24.4 Å². The molecule has 2 aliphatic rings. The Hall–Kier alpha value is -3.24. The first-order chi connectivity index (χ1) is 15.0. The number of hydrogen-bond acceptors (Lipinski definition) is 5. The Morgan fingerprint density at radius 2 is 2.10 bits per heavy atom. The monoisotopic (exact) mass is 421 g/mol. The zero-order chi connectivity index (χ0) is 22.0. The van der Waals surface area contributed by atoms with Crippen molar-refractivity contribution in [1.29, 1.82) is 5.26 Å². The molecule has 162 valence electrons. The highest BCUT2D eigenvalue weighted by molar-refractivity contribution is 6.01. The van der Waals surface area contributed by atoms with Gasteiger partial charge in [0, 0.05) is 38.1 Å². The molecular formula is C24H27N3O4. The van der Waals surface area contributed by atoms with Gasteiger partial charge < -0.3 is 23.7 Å². The molecule has 1 unspecified atom stereocenters. The van der Waals surface area contributed by atoms with Crippen LogP contribution in [0.1, 0.15) is 35.4 Å².